The van der Waals surface area contributed by atoms with Gasteiger partial charge in [0.05, 0.1) is 6.10 Å². The van der Waals surface area contributed by atoms with E-state index in [0.29, 0.717) is 10.0 Å². The minimum atomic E-state index is -0.500. The molecule has 1 saturated heterocycles. The van der Waals surface area contributed by atoms with Crippen LogP contribution in [0.15, 0.2) is 18.2 Å². The van der Waals surface area contributed by atoms with Crippen LogP contribution in [0.1, 0.15) is 24.5 Å². The number of aliphatic hydroxyl groups excluding tert-OH is 1. The molecule has 1 fully saturated rings. The first-order chi connectivity index (χ1) is 7.66. The largest absolute Gasteiger partial charge is 0.388 e. The van der Waals surface area contributed by atoms with Crippen molar-refractivity contribution in [2.75, 3.05) is 13.2 Å². The van der Waals surface area contributed by atoms with Gasteiger partial charge in [-0.1, -0.05) is 23.2 Å². The zero-order valence-electron chi connectivity index (χ0n) is 8.83. The molecule has 0 spiro atoms. The fourth-order valence-corrected chi connectivity index (χ4v) is 2.59. The third-order valence-corrected chi connectivity index (χ3v) is 3.38. The zero-order valence-corrected chi connectivity index (χ0v) is 10.3. The predicted octanol–water partition coefficient (Wildman–Crippen LogP) is 3.45. The standard InChI is InChI=1S/C12H14Cl2O2/c13-10-5-9(6-11(14)7-10)12(15)8-1-3-16-4-2-8/h5-8,12,15H,1-4H2. The van der Waals surface area contributed by atoms with E-state index in [0.717, 1.165) is 31.6 Å². The molecule has 2 nitrogen and oxygen atoms in total. The second-order valence-corrected chi connectivity index (χ2v) is 4.97. The highest BCUT2D eigenvalue weighted by molar-refractivity contribution is 6.34. The molecule has 0 aliphatic carbocycles. The van der Waals surface area contributed by atoms with Gasteiger partial charge in [0.25, 0.3) is 0 Å². The molecule has 0 bridgehead atoms. The van der Waals surface area contributed by atoms with E-state index >= 15 is 0 Å². The van der Waals surface area contributed by atoms with E-state index < -0.39 is 6.10 Å². The lowest BCUT2D eigenvalue weighted by atomic mass is 9.89. The van der Waals surface area contributed by atoms with Gasteiger partial charge in [-0.2, -0.15) is 0 Å². The molecule has 1 aliphatic rings. The van der Waals surface area contributed by atoms with Crippen molar-refractivity contribution in [3.05, 3.63) is 33.8 Å². The minimum Gasteiger partial charge on any atom is -0.388 e. The molecule has 88 valence electrons. The molecular formula is C12H14Cl2O2. The van der Waals surface area contributed by atoms with Gasteiger partial charge in [-0.05, 0) is 42.5 Å². The summed E-state index contributed by atoms with van der Waals surface area (Å²) in [7, 11) is 0. The molecule has 1 aliphatic heterocycles. The van der Waals surface area contributed by atoms with E-state index in [4.69, 9.17) is 27.9 Å². The maximum atomic E-state index is 10.2. The first-order valence-corrected chi connectivity index (χ1v) is 6.14. The van der Waals surface area contributed by atoms with Crippen LogP contribution in [0.5, 0.6) is 0 Å². The molecule has 0 aromatic heterocycles. The summed E-state index contributed by atoms with van der Waals surface area (Å²) in [6.45, 7) is 1.44. The molecule has 2 rings (SSSR count). The SMILES string of the molecule is OC(c1cc(Cl)cc(Cl)c1)C1CCOCC1. The molecule has 0 saturated carbocycles. The lowest BCUT2D eigenvalue weighted by Crippen LogP contribution is -2.21. The first kappa shape index (κ1) is 12.2. The van der Waals surface area contributed by atoms with Crippen LogP contribution in [0, 0.1) is 5.92 Å². The summed E-state index contributed by atoms with van der Waals surface area (Å²) < 4.78 is 5.27. The molecular weight excluding hydrogens is 247 g/mol. The summed E-state index contributed by atoms with van der Waals surface area (Å²) in [5.41, 5.74) is 0.796. The topological polar surface area (TPSA) is 29.5 Å². The van der Waals surface area contributed by atoms with Gasteiger partial charge in [0.2, 0.25) is 0 Å². The van der Waals surface area contributed by atoms with Crippen molar-refractivity contribution >= 4 is 23.2 Å². The van der Waals surface area contributed by atoms with Crippen LogP contribution in [-0.4, -0.2) is 18.3 Å². The summed E-state index contributed by atoms with van der Waals surface area (Å²) in [5.74, 6) is 0.239. The summed E-state index contributed by atoms with van der Waals surface area (Å²) in [6.07, 6.45) is 1.26. The zero-order chi connectivity index (χ0) is 11.5. The maximum absolute atomic E-state index is 10.2. The van der Waals surface area contributed by atoms with Crippen molar-refractivity contribution in [3.63, 3.8) is 0 Å². The highest BCUT2D eigenvalue weighted by Gasteiger charge is 2.23. The van der Waals surface area contributed by atoms with Gasteiger partial charge in [-0.3, -0.25) is 0 Å². The number of ether oxygens (including phenoxy) is 1. The van der Waals surface area contributed by atoms with Gasteiger partial charge in [0.1, 0.15) is 0 Å². The van der Waals surface area contributed by atoms with E-state index in [1.54, 1.807) is 18.2 Å². The highest BCUT2D eigenvalue weighted by Crippen LogP contribution is 2.32. The number of aliphatic hydroxyl groups is 1. The van der Waals surface area contributed by atoms with Crippen LogP contribution in [0.2, 0.25) is 10.0 Å². The summed E-state index contributed by atoms with van der Waals surface area (Å²) in [5, 5.41) is 11.3. The van der Waals surface area contributed by atoms with Crippen molar-refractivity contribution in [2.24, 2.45) is 5.92 Å². The Morgan fingerprint density at radius 1 is 1.12 bits per heavy atom. The smallest absolute Gasteiger partial charge is 0.0820 e. The Kier molecular flexibility index (Phi) is 4.09. The van der Waals surface area contributed by atoms with Crippen molar-refractivity contribution in [1.82, 2.24) is 0 Å². The molecule has 1 aromatic carbocycles. The van der Waals surface area contributed by atoms with E-state index in [-0.39, 0.29) is 5.92 Å². The monoisotopic (exact) mass is 260 g/mol. The molecule has 1 atom stereocenters. The normalized spacial score (nSPS) is 19.7. The Bertz CT molecular complexity index is 342. The van der Waals surface area contributed by atoms with Crippen LogP contribution < -0.4 is 0 Å². The van der Waals surface area contributed by atoms with Crippen LogP contribution >= 0.6 is 23.2 Å². The Morgan fingerprint density at radius 3 is 2.25 bits per heavy atom. The van der Waals surface area contributed by atoms with E-state index in [1.807, 2.05) is 0 Å². The van der Waals surface area contributed by atoms with Crippen molar-refractivity contribution in [1.29, 1.82) is 0 Å². The van der Waals surface area contributed by atoms with Gasteiger partial charge in [-0.25, -0.2) is 0 Å². The second-order valence-electron chi connectivity index (χ2n) is 4.10. The fourth-order valence-electron chi connectivity index (χ4n) is 2.05. The quantitative estimate of drug-likeness (QED) is 0.883. The van der Waals surface area contributed by atoms with E-state index in [1.165, 1.54) is 0 Å². The molecule has 0 radical (unpaired) electrons. The number of halogens is 2. The molecule has 1 N–H and O–H groups in total. The van der Waals surface area contributed by atoms with Gasteiger partial charge in [0, 0.05) is 23.3 Å². The first-order valence-electron chi connectivity index (χ1n) is 5.38. The Hall–Kier alpha value is -0.280. The van der Waals surface area contributed by atoms with Crippen LogP contribution in [-0.2, 0) is 4.74 Å². The van der Waals surface area contributed by atoms with Gasteiger partial charge >= 0.3 is 0 Å². The predicted molar refractivity (Wildman–Crippen MR) is 65.0 cm³/mol. The molecule has 1 heterocycles. The highest BCUT2D eigenvalue weighted by atomic mass is 35.5. The number of hydrogen-bond acceptors (Lipinski definition) is 2. The Morgan fingerprint density at radius 2 is 1.69 bits per heavy atom. The van der Waals surface area contributed by atoms with Gasteiger partial charge < -0.3 is 9.84 Å². The van der Waals surface area contributed by atoms with E-state index in [9.17, 15) is 5.11 Å². The molecule has 1 aromatic rings. The van der Waals surface area contributed by atoms with Gasteiger partial charge in [-0.15, -0.1) is 0 Å². The Labute approximate surface area is 105 Å². The van der Waals surface area contributed by atoms with Crippen molar-refractivity contribution in [3.8, 4) is 0 Å². The molecule has 0 amide bonds. The number of benzene rings is 1. The van der Waals surface area contributed by atoms with Crippen LogP contribution in [0.3, 0.4) is 0 Å². The summed E-state index contributed by atoms with van der Waals surface area (Å²) >= 11 is 11.8. The summed E-state index contributed by atoms with van der Waals surface area (Å²) in [4.78, 5) is 0. The maximum Gasteiger partial charge on any atom is 0.0820 e. The lowest BCUT2D eigenvalue weighted by Gasteiger charge is -2.27. The number of rotatable bonds is 2. The third-order valence-electron chi connectivity index (χ3n) is 2.94. The average molecular weight is 261 g/mol. The second kappa shape index (κ2) is 5.37. The fraction of sp³-hybridized carbons (Fsp3) is 0.500. The number of hydrogen-bond donors (Lipinski definition) is 1. The van der Waals surface area contributed by atoms with Crippen LogP contribution in [0.4, 0.5) is 0 Å². The molecule has 16 heavy (non-hydrogen) atoms. The average Bonchev–Trinajstić information content (AvgIpc) is 2.28. The minimum absolute atomic E-state index is 0.239. The third kappa shape index (κ3) is 2.89. The molecule has 4 heteroatoms. The Balaban J connectivity index is 2.15. The lowest BCUT2D eigenvalue weighted by molar-refractivity contribution is 0.00719. The van der Waals surface area contributed by atoms with Crippen molar-refractivity contribution in [2.45, 2.75) is 18.9 Å². The molecule has 1 unspecified atom stereocenters. The van der Waals surface area contributed by atoms with Gasteiger partial charge in [0.15, 0.2) is 0 Å². The van der Waals surface area contributed by atoms with Crippen LogP contribution in [0.25, 0.3) is 0 Å². The van der Waals surface area contributed by atoms with Crippen molar-refractivity contribution < 1.29 is 9.84 Å². The summed E-state index contributed by atoms with van der Waals surface area (Å²) in [6, 6.07) is 5.21. The van der Waals surface area contributed by atoms with E-state index in [2.05, 4.69) is 0 Å².